The maximum atomic E-state index is 12.2. The van der Waals surface area contributed by atoms with Crippen molar-refractivity contribution in [2.24, 2.45) is 0 Å². The van der Waals surface area contributed by atoms with Crippen LogP contribution in [-0.4, -0.2) is 43.3 Å². The van der Waals surface area contributed by atoms with Crippen molar-refractivity contribution in [3.05, 3.63) is 29.1 Å². The second-order valence-electron chi connectivity index (χ2n) is 6.99. The van der Waals surface area contributed by atoms with Crippen LogP contribution in [-0.2, 0) is 16.0 Å². The van der Waals surface area contributed by atoms with Crippen molar-refractivity contribution in [1.82, 2.24) is 15.6 Å². The van der Waals surface area contributed by atoms with Crippen LogP contribution in [0.1, 0.15) is 66.2 Å². The molecule has 2 fully saturated rings. The predicted molar refractivity (Wildman–Crippen MR) is 96.0 cm³/mol. The summed E-state index contributed by atoms with van der Waals surface area (Å²) >= 11 is 0. The molecule has 1 heterocycles. The first kappa shape index (κ1) is 18.6. The topological polar surface area (TPSA) is 89.5 Å². The van der Waals surface area contributed by atoms with E-state index in [-0.39, 0.29) is 24.1 Å². The van der Waals surface area contributed by atoms with Crippen molar-refractivity contribution in [2.45, 2.75) is 63.1 Å². The fraction of sp³-hybridized carbons (Fsp3) is 0.632. The molecule has 7 nitrogen and oxygen atoms in total. The molecule has 0 radical (unpaired) electrons. The molecule has 0 unspecified atom stereocenters. The molecule has 2 saturated carbocycles. The molecule has 1 aromatic rings. The predicted octanol–water partition coefficient (Wildman–Crippen LogP) is 2.50. The Morgan fingerprint density at radius 1 is 1.15 bits per heavy atom. The summed E-state index contributed by atoms with van der Waals surface area (Å²) in [5.41, 5.74) is 2.04. The summed E-state index contributed by atoms with van der Waals surface area (Å²) in [6.07, 6.45) is 6.30. The monoisotopic (exact) mass is 361 g/mol. The lowest BCUT2D eigenvalue weighted by Gasteiger charge is -2.31. The summed E-state index contributed by atoms with van der Waals surface area (Å²) in [7, 11) is 3.06. The molecule has 0 saturated heterocycles. The van der Waals surface area contributed by atoms with Crippen LogP contribution in [0.25, 0.3) is 0 Å². The van der Waals surface area contributed by atoms with Gasteiger partial charge in [0.25, 0.3) is 0 Å². The van der Waals surface area contributed by atoms with Crippen LogP contribution in [0.4, 0.5) is 4.79 Å². The van der Waals surface area contributed by atoms with E-state index in [1.807, 2.05) is 0 Å². The smallest absolute Gasteiger partial charge is 0.339 e. The molecule has 0 aromatic carbocycles. The van der Waals surface area contributed by atoms with E-state index >= 15 is 0 Å². The van der Waals surface area contributed by atoms with Crippen LogP contribution < -0.4 is 10.6 Å². The zero-order valence-corrected chi connectivity index (χ0v) is 15.4. The fourth-order valence-corrected chi connectivity index (χ4v) is 3.50. The number of nitrogens with one attached hydrogen (secondary N) is 2. The second kappa shape index (κ2) is 8.49. The van der Waals surface area contributed by atoms with Gasteiger partial charge in [0.2, 0.25) is 0 Å². The molecule has 2 N–H and O–H groups in total. The zero-order valence-electron chi connectivity index (χ0n) is 15.4. The average Bonchev–Trinajstić information content (AvgIpc) is 3.51. The summed E-state index contributed by atoms with van der Waals surface area (Å²) in [6.45, 7) is 0.317. The van der Waals surface area contributed by atoms with Gasteiger partial charge in [-0.05, 0) is 37.8 Å². The average molecular weight is 361 g/mol. The zero-order chi connectivity index (χ0) is 18.5. The Morgan fingerprint density at radius 2 is 1.92 bits per heavy atom. The van der Waals surface area contributed by atoms with Crippen LogP contribution >= 0.6 is 0 Å². The summed E-state index contributed by atoms with van der Waals surface area (Å²) < 4.78 is 10.3. The molecular weight excluding hydrogens is 334 g/mol. The lowest BCUT2D eigenvalue weighted by atomic mass is 9.92. The minimum Gasteiger partial charge on any atom is -0.465 e. The van der Waals surface area contributed by atoms with Gasteiger partial charge < -0.3 is 20.1 Å². The first-order valence-electron chi connectivity index (χ1n) is 9.27. The van der Waals surface area contributed by atoms with E-state index in [0.29, 0.717) is 18.0 Å². The maximum Gasteiger partial charge on any atom is 0.339 e. The number of ether oxygens (including phenoxy) is 2. The van der Waals surface area contributed by atoms with Crippen LogP contribution in [0.2, 0.25) is 0 Å². The number of nitrogens with zero attached hydrogens (tertiary/aromatic N) is 1. The third-order valence-electron chi connectivity index (χ3n) is 5.10. The normalized spacial score (nSPS) is 22.5. The Balaban J connectivity index is 1.58. The van der Waals surface area contributed by atoms with Crippen molar-refractivity contribution in [3.8, 4) is 0 Å². The van der Waals surface area contributed by atoms with E-state index in [4.69, 9.17) is 9.47 Å². The number of carbonyl (C=O) groups is 2. The number of rotatable bonds is 6. The fourth-order valence-electron chi connectivity index (χ4n) is 3.50. The van der Waals surface area contributed by atoms with Crippen molar-refractivity contribution in [1.29, 1.82) is 0 Å². The van der Waals surface area contributed by atoms with Crippen LogP contribution in [0, 0.1) is 0 Å². The van der Waals surface area contributed by atoms with Crippen LogP contribution in [0.5, 0.6) is 0 Å². The first-order chi connectivity index (χ1) is 12.6. The SMILES string of the molecule is COC(=O)c1ccc(CNC(=O)N[C@H]2CCCC[C@@H]2OC)nc1C1CC1. The highest BCUT2D eigenvalue weighted by molar-refractivity contribution is 5.90. The highest BCUT2D eigenvalue weighted by Crippen LogP contribution is 2.40. The lowest BCUT2D eigenvalue weighted by molar-refractivity contribution is 0.0452. The third-order valence-corrected chi connectivity index (χ3v) is 5.10. The Kier molecular flexibility index (Phi) is 6.08. The molecule has 26 heavy (non-hydrogen) atoms. The maximum absolute atomic E-state index is 12.2. The van der Waals surface area contributed by atoms with Crippen LogP contribution in [0.15, 0.2) is 12.1 Å². The minimum absolute atomic E-state index is 0.0467. The number of carbonyl (C=O) groups excluding carboxylic acids is 2. The second-order valence-corrected chi connectivity index (χ2v) is 6.99. The molecule has 142 valence electrons. The molecule has 0 aliphatic heterocycles. The number of esters is 1. The highest BCUT2D eigenvalue weighted by atomic mass is 16.5. The first-order valence-corrected chi connectivity index (χ1v) is 9.27. The van der Waals surface area contributed by atoms with Gasteiger partial charge in [-0.1, -0.05) is 12.8 Å². The Morgan fingerprint density at radius 3 is 2.62 bits per heavy atom. The van der Waals surface area contributed by atoms with E-state index in [1.165, 1.54) is 7.11 Å². The number of methoxy groups -OCH3 is 2. The standard InChI is InChI=1S/C19H27N3O4/c1-25-16-6-4-3-5-15(16)22-19(24)20-11-13-9-10-14(18(23)26-2)17(21-13)12-7-8-12/h9-10,12,15-16H,3-8,11H2,1-2H3,(H2,20,22,24)/t15-,16-/m0/s1. The van der Waals surface area contributed by atoms with E-state index in [0.717, 1.165) is 49.9 Å². The van der Waals surface area contributed by atoms with Gasteiger partial charge in [-0.3, -0.25) is 4.98 Å². The number of aromatic nitrogens is 1. The largest absolute Gasteiger partial charge is 0.465 e. The van der Waals surface area contributed by atoms with E-state index in [2.05, 4.69) is 15.6 Å². The van der Waals surface area contributed by atoms with Crippen molar-refractivity contribution < 1.29 is 19.1 Å². The highest BCUT2D eigenvalue weighted by Gasteiger charge is 2.30. The molecule has 2 aliphatic carbocycles. The van der Waals surface area contributed by atoms with Gasteiger partial charge >= 0.3 is 12.0 Å². The van der Waals surface area contributed by atoms with Crippen LogP contribution in [0.3, 0.4) is 0 Å². The molecule has 2 atom stereocenters. The van der Waals surface area contributed by atoms with Crippen molar-refractivity contribution in [2.75, 3.05) is 14.2 Å². The van der Waals surface area contributed by atoms with Gasteiger partial charge in [0.15, 0.2) is 0 Å². The molecule has 2 amide bonds. The molecule has 3 rings (SSSR count). The van der Waals surface area contributed by atoms with E-state index in [1.54, 1.807) is 19.2 Å². The number of amides is 2. The summed E-state index contributed by atoms with van der Waals surface area (Å²) in [4.78, 5) is 28.7. The van der Waals surface area contributed by atoms with Crippen molar-refractivity contribution >= 4 is 12.0 Å². The molecule has 2 aliphatic rings. The Hall–Kier alpha value is -2.15. The summed E-state index contributed by atoms with van der Waals surface area (Å²) in [5, 5.41) is 5.86. The van der Waals surface area contributed by atoms with Gasteiger partial charge in [-0.2, -0.15) is 0 Å². The number of hydrogen-bond donors (Lipinski definition) is 2. The Labute approximate surface area is 153 Å². The third kappa shape index (κ3) is 4.52. The van der Waals surface area contributed by atoms with Gasteiger partial charge in [0.1, 0.15) is 0 Å². The molecule has 7 heteroatoms. The Bertz CT molecular complexity index is 660. The summed E-state index contributed by atoms with van der Waals surface area (Å²) in [6, 6.07) is 3.33. The minimum atomic E-state index is -0.362. The number of pyridine rings is 1. The van der Waals surface area contributed by atoms with Gasteiger partial charge in [-0.15, -0.1) is 0 Å². The quantitative estimate of drug-likeness (QED) is 0.760. The molecule has 0 bridgehead atoms. The molecule has 1 aromatic heterocycles. The van der Waals surface area contributed by atoms with Gasteiger partial charge in [-0.25, -0.2) is 9.59 Å². The molecule has 0 spiro atoms. The van der Waals surface area contributed by atoms with E-state index in [9.17, 15) is 9.59 Å². The van der Waals surface area contributed by atoms with Crippen molar-refractivity contribution in [3.63, 3.8) is 0 Å². The van der Waals surface area contributed by atoms with E-state index < -0.39 is 0 Å². The molecular formula is C19H27N3O4. The number of urea groups is 1. The summed E-state index contributed by atoms with van der Waals surface area (Å²) in [5.74, 6) is -0.0397. The van der Waals surface area contributed by atoms with Gasteiger partial charge in [0.05, 0.1) is 42.8 Å². The van der Waals surface area contributed by atoms with Gasteiger partial charge in [0, 0.05) is 13.0 Å². The lowest BCUT2D eigenvalue weighted by Crippen LogP contribution is -2.49. The number of hydrogen-bond acceptors (Lipinski definition) is 5.